The normalized spacial score (nSPS) is 13.6. The molecular weight excluding hydrogens is 287 g/mol. The number of halogens is 4. The second kappa shape index (κ2) is 5.05. The summed E-state index contributed by atoms with van der Waals surface area (Å²) in [6.45, 7) is 0. The molecule has 0 aromatic heterocycles. The molecule has 0 spiro atoms. The summed E-state index contributed by atoms with van der Waals surface area (Å²) < 4.78 is 42.2. The fraction of sp³-hybridized carbons (Fsp3) is 0.400. The maximum atomic E-state index is 12.2. The lowest BCUT2D eigenvalue weighted by molar-refractivity contribution is -0.147. The van der Waals surface area contributed by atoms with E-state index in [4.69, 9.17) is 10.5 Å². The van der Waals surface area contributed by atoms with Crippen LogP contribution in [0.1, 0.15) is 5.56 Å². The molecule has 2 nitrogen and oxygen atoms in total. The number of hydrogen-bond acceptors (Lipinski definition) is 2. The zero-order valence-electron chi connectivity index (χ0n) is 8.51. The van der Waals surface area contributed by atoms with Gasteiger partial charge in [0.25, 0.3) is 0 Å². The van der Waals surface area contributed by atoms with Gasteiger partial charge in [-0.05, 0) is 24.1 Å². The quantitative estimate of drug-likeness (QED) is 0.931. The SMILES string of the molecule is COc1ccc(CC(N)C(F)(F)F)c(Br)c1. The van der Waals surface area contributed by atoms with E-state index in [1.54, 1.807) is 18.2 Å². The molecule has 6 heteroatoms. The van der Waals surface area contributed by atoms with Crippen LogP contribution in [0.4, 0.5) is 13.2 Å². The van der Waals surface area contributed by atoms with E-state index in [2.05, 4.69) is 15.9 Å². The molecule has 90 valence electrons. The molecule has 0 heterocycles. The van der Waals surface area contributed by atoms with Crippen molar-refractivity contribution < 1.29 is 17.9 Å². The largest absolute Gasteiger partial charge is 0.497 e. The van der Waals surface area contributed by atoms with E-state index in [9.17, 15) is 13.2 Å². The van der Waals surface area contributed by atoms with Crippen LogP contribution in [0.3, 0.4) is 0 Å². The van der Waals surface area contributed by atoms with Crippen molar-refractivity contribution in [1.29, 1.82) is 0 Å². The highest BCUT2D eigenvalue weighted by atomic mass is 79.9. The van der Waals surface area contributed by atoms with E-state index in [1.165, 1.54) is 7.11 Å². The smallest absolute Gasteiger partial charge is 0.403 e. The van der Waals surface area contributed by atoms with Crippen molar-refractivity contribution in [3.05, 3.63) is 28.2 Å². The third-order valence-corrected chi connectivity index (χ3v) is 2.86. The van der Waals surface area contributed by atoms with Crippen molar-refractivity contribution in [3.8, 4) is 5.75 Å². The van der Waals surface area contributed by atoms with Crippen molar-refractivity contribution >= 4 is 15.9 Å². The predicted molar refractivity (Wildman–Crippen MR) is 58.4 cm³/mol. The predicted octanol–water partition coefficient (Wildman–Crippen LogP) is 2.89. The monoisotopic (exact) mass is 297 g/mol. The van der Waals surface area contributed by atoms with Crippen LogP contribution >= 0.6 is 15.9 Å². The van der Waals surface area contributed by atoms with Crippen molar-refractivity contribution in [2.75, 3.05) is 7.11 Å². The Bertz CT molecular complexity index is 368. The molecule has 0 bridgehead atoms. The molecule has 0 radical (unpaired) electrons. The van der Waals surface area contributed by atoms with E-state index in [0.717, 1.165) is 0 Å². The molecule has 1 aromatic carbocycles. The molecule has 0 fully saturated rings. The Hall–Kier alpha value is -0.750. The van der Waals surface area contributed by atoms with Gasteiger partial charge in [-0.3, -0.25) is 0 Å². The highest BCUT2D eigenvalue weighted by Gasteiger charge is 2.36. The van der Waals surface area contributed by atoms with Crippen LogP contribution in [0, 0.1) is 0 Å². The number of rotatable bonds is 3. The van der Waals surface area contributed by atoms with E-state index in [1.807, 2.05) is 0 Å². The number of methoxy groups -OCH3 is 1. The summed E-state index contributed by atoms with van der Waals surface area (Å²) in [5, 5.41) is 0. The Kier molecular flexibility index (Phi) is 4.21. The average molecular weight is 298 g/mol. The number of nitrogens with two attached hydrogens (primary N) is 1. The topological polar surface area (TPSA) is 35.2 Å². The lowest BCUT2D eigenvalue weighted by Crippen LogP contribution is -2.39. The third-order valence-electron chi connectivity index (χ3n) is 2.12. The van der Waals surface area contributed by atoms with Crippen LogP contribution in [-0.2, 0) is 6.42 Å². The third kappa shape index (κ3) is 3.38. The van der Waals surface area contributed by atoms with Crippen molar-refractivity contribution in [3.63, 3.8) is 0 Å². The summed E-state index contributed by atoms with van der Waals surface area (Å²) in [5.74, 6) is 0.580. The maximum Gasteiger partial charge on any atom is 0.403 e. The van der Waals surface area contributed by atoms with Gasteiger partial charge in [-0.1, -0.05) is 22.0 Å². The molecule has 0 amide bonds. The summed E-state index contributed by atoms with van der Waals surface area (Å²) in [7, 11) is 1.49. The minimum Gasteiger partial charge on any atom is -0.497 e. The van der Waals surface area contributed by atoms with Gasteiger partial charge in [-0.2, -0.15) is 13.2 Å². The van der Waals surface area contributed by atoms with Crippen LogP contribution in [0.25, 0.3) is 0 Å². The Morgan fingerprint density at radius 2 is 2.06 bits per heavy atom. The van der Waals surface area contributed by atoms with Crippen molar-refractivity contribution in [2.45, 2.75) is 18.6 Å². The highest BCUT2D eigenvalue weighted by molar-refractivity contribution is 9.10. The Balaban J connectivity index is 2.82. The van der Waals surface area contributed by atoms with Crippen LogP contribution in [0.15, 0.2) is 22.7 Å². The zero-order chi connectivity index (χ0) is 12.3. The molecule has 2 N–H and O–H groups in total. The van der Waals surface area contributed by atoms with Gasteiger partial charge in [0.15, 0.2) is 0 Å². The van der Waals surface area contributed by atoms with Crippen LogP contribution in [-0.4, -0.2) is 19.3 Å². The molecular formula is C10H11BrF3NO. The summed E-state index contributed by atoms with van der Waals surface area (Å²) in [4.78, 5) is 0. The second-order valence-corrected chi connectivity index (χ2v) is 4.16. The lowest BCUT2D eigenvalue weighted by atomic mass is 10.1. The molecule has 0 saturated heterocycles. The Morgan fingerprint density at radius 3 is 2.50 bits per heavy atom. The summed E-state index contributed by atoms with van der Waals surface area (Å²) >= 11 is 3.18. The molecule has 1 unspecified atom stereocenters. The summed E-state index contributed by atoms with van der Waals surface area (Å²) in [6.07, 6.45) is -4.63. The van der Waals surface area contributed by atoms with Gasteiger partial charge >= 0.3 is 6.18 Å². The van der Waals surface area contributed by atoms with E-state index < -0.39 is 12.2 Å². The summed E-state index contributed by atoms with van der Waals surface area (Å²) in [5.41, 5.74) is 5.55. The first-order valence-electron chi connectivity index (χ1n) is 4.49. The van der Waals surface area contributed by atoms with Gasteiger partial charge in [0, 0.05) is 4.47 Å². The van der Waals surface area contributed by atoms with E-state index in [-0.39, 0.29) is 6.42 Å². The fourth-order valence-corrected chi connectivity index (χ4v) is 1.69. The first-order chi connectivity index (χ1) is 7.34. The lowest BCUT2D eigenvalue weighted by Gasteiger charge is -2.16. The van der Waals surface area contributed by atoms with E-state index in [0.29, 0.717) is 15.8 Å². The van der Waals surface area contributed by atoms with Crippen LogP contribution in [0.5, 0.6) is 5.75 Å². The van der Waals surface area contributed by atoms with Gasteiger partial charge in [0.2, 0.25) is 0 Å². The van der Waals surface area contributed by atoms with Crippen LogP contribution in [0.2, 0.25) is 0 Å². The molecule has 1 atom stereocenters. The summed E-state index contributed by atoms with van der Waals surface area (Å²) in [6, 6.07) is 2.92. The van der Waals surface area contributed by atoms with Gasteiger partial charge in [-0.15, -0.1) is 0 Å². The van der Waals surface area contributed by atoms with Gasteiger partial charge in [0.05, 0.1) is 7.11 Å². The molecule has 1 rings (SSSR count). The highest BCUT2D eigenvalue weighted by Crippen LogP contribution is 2.27. The molecule has 1 aromatic rings. The van der Waals surface area contributed by atoms with Crippen molar-refractivity contribution in [2.24, 2.45) is 5.73 Å². The average Bonchev–Trinajstić information content (AvgIpc) is 2.19. The Labute approximate surface area is 99.7 Å². The molecule has 0 aliphatic heterocycles. The van der Waals surface area contributed by atoms with Crippen LogP contribution < -0.4 is 10.5 Å². The zero-order valence-corrected chi connectivity index (χ0v) is 10.1. The van der Waals surface area contributed by atoms with E-state index >= 15 is 0 Å². The standard InChI is InChI=1S/C10H11BrF3NO/c1-16-7-3-2-6(8(11)5-7)4-9(15)10(12,13)14/h2-3,5,9H,4,15H2,1H3. The molecule has 0 saturated carbocycles. The van der Waals surface area contributed by atoms with Gasteiger partial charge in [0.1, 0.15) is 11.8 Å². The number of hydrogen-bond donors (Lipinski definition) is 1. The molecule has 16 heavy (non-hydrogen) atoms. The number of ether oxygens (including phenoxy) is 1. The number of benzene rings is 1. The minimum atomic E-state index is -4.38. The Morgan fingerprint density at radius 1 is 1.44 bits per heavy atom. The van der Waals surface area contributed by atoms with Gasteiger partial charge < -0.3 is 10.5 Å². The number of alkyl halides is 3. The molecule has 0 aliphatic rings. The van der Waals surface area contributed by atoms with Gasteiger partial charge in [-0.25, -0.2) is 0 Å². The second-order valence-electron chi connectivity index (χ2n) is 3.31. The molecule has 0 aliphatic carbocycles. The maximum absolute atomic E-state index is 12.2. The van der Waals surface area contributed by atoms with Crippen molar-refractivity contribution in [1.82, 2.24) is 0 Å². The first-order valence-corrected chi connectivity index (χ1v) is 5.28. The minimum absolute atomic E-state index is 0.256. The first kappa shape index (κ1) is 13.3. The fourth-order valence-electron chi connectivity index (χ4n) is 1.17.